The third-order valence-electron chi connectivity index (χ3n) is 7.84. The van der Waals surface area contributed by atoms with Gasteiger partial charge in [-0.2, -0.15) is 18.4 Å². The van der Waals surface area contributed by atoms with Gasteiger partial charge in [-0.05, 0) is 97.9 Å². The molecule has 0 N–H and O–H groups in total. The molecule has 0 spiro atoms. The molecule has 1 amide bonds. The number of anilines is 1. The third kappa shape index (κ3) is 6.61. The molecule has 2 aliphatic carbocycles. The summed E-state index contributed by atoms with van der Waals surface area (Å²) >= 11 is 0. The zero-order valence-corrected chi connectivity index (χ0v) is 22.2. The van der Waals surface area contributed by atoms with Crippen molar-refractivity contribution in [1.82, 2.24) is 4.90 Å². The van der Waals surface area contributed by atoms with Crippen molar-refractivity contribution in [3.8, 4) is 6.07 Å². The number of rotatable bonds is 8. The molecule has 0 aromatic heterocycles. The van der Waals surface area contributed by atoms with E-state index >= 15 is 0 Å². The lowest BCUT2D eigenvalue weighted by atomic mass is 9.89. The molecule has 5 nitrogen and oxygen atoms in total. The van der Waals surface area contributed by atoms with Gasteiger partial charge in [-0.25, -0.2) is 4.79 Å². The van der Waals surface area contributed by atoms with Gasteiger partial charge in [0.1, 0.15) is 0 Å². The van der Waals surface area contributed by atoms with Crippen LogP contribution in [0.3, 0.4) is 0 Å². The fourth-order valence-electron chi connectivity index (χ4n) is 5.90. The number of hydrogen-bond acceptors (Lipinski definition) is 4. The molecule has 2 aliphatic rings. The van der Waals surface area contributed by atoms with Crippen molar-refractivity contribution in [3.63, 3.8) is 0 Å². The van der Waals surface area contributed by atoms with E-state index in [1.165, 1.54) is 54.9 Å². The number of carbonyl (C=O) groups excluding carboxylic acids is 1. The molecule has 38 heavy (non-hydrogen) atoms. The van der Waals surface area contributed by atoms with Gasteiger partial charge in [0, 0.05) is 25.3 Å². The van der Waals surface area contributed by atoms with Crippen LogP contribution in [0.1, 0.15) is 78.8 Å². The second kappa shape index (κ2) is 12.1. The summed E-state index contributed by atoms with van der Waals surface area (Å²) in [5.41, 5.74) is 3.93. The maximum atomic E-state index is 13.5. The van der Waals surface area contributed by atoms with Crippen LogP contribution >= 0.6 is 0 Å². The van der Waals surface area contributed by atoms with E-state index in [2.05, 4.69) is 24.0 Å². The van der Waals surface area contributed by atoms with Gasteiger partial charge in [-0.3, -0.25) is 4.90 Å². The SMILES string of the molecule is CCN(CC1CCCC1)c1cc2c(cc1CN(Cc1cc(C#N)cc(C(F)(F)F)c1)C(=O)OC)CCCC2. The summed E-state index contributed by atoms with van der Waals surface area (Å²) in [6.45, 7) is 4.03. The Morgan fingerprint density at radius 1 is 1.03 bits per heavy atom. The van der Waals surface area contributed by atoms with Crippen LogP contribution in [0, 0.1) is 17.2 Å². The summed E-state index contributed by atoms with van der Waals surface area (Å²) in [6.07, 6.45) is 4.05. The zero-order chi connectivity index (χ0) is 27.3. The summed E-state index contributed by atoms with van der Waals surface area (Å²) in [6, 6.07) is 9.50. The van der Waals surface area contributed by atoms with E-state index in [1.54, 1.807) is 6.07 Å². The fraction of sp³-hybridized carbons (Fsp3) is 0.533. The van der Waals surface area contributed by atoms with E-state index < -0.39 is 17.8 Å². The van der Waals surface area contributed by atoms with E-state index in [1.807, 2.05) is 0 Å². The van der Waals surface area contributed by atoms with Gasteiger partial charge in [-0.15, -0.1) is 0 Å². The number of amides is 1. The van der Waals surface area contributed by atoms with Gasteiger partial charge in [-0.1, -0.05) is 18.9 Å². The molecule has 0 atom stereocenters. The molecule has 2 aromatic carbocycles. The van der Waals surface area contributed by atoms with Crippen molar-refractivity contribution in [2.45, 2.75) is 77.6 Å². The predicted molar refractivity (Wildman–Crippen MR) is 141 cm³/mol. The largest absolute Gasteiger partial charge is 0.453 e. The Bertz CT molecular complexity index is 1180. The monoisotopic (exact) mass is 527 g/mol. The Balaban J connectivity index is 1.69. The van der Waals surface area contributed by atoms with Gasteiger partial charge in [0.05, 0.1) is 30.9 Å². The van der Waals surface area contributed by atoms with Crippen LogP contribution in [-0.4, -0.2) is 31.2 Å². The number of methoxy groups -OCH3 is 1. The van der Waals surface area contributed by atoms with Crippen LogP contribution in [0.5, 0.6) is 0 Å². The first-order valence-corrected chi connectivity index (χ1v) is 13.6. The molecular weight excluding hydrogens is 491 g/mol. The lowest BCUT2D eigenvalue weighted by Gasteiger charge is -2.32. The number of fused-ring (bicyclic) bond motifs is 1. The Hall–Kier alpha value is -3.21. The van der Waals surface area contributed by atoms with Crippen molar-refractivity contribution in [1.29, 1.82) is 5.26 Å². The van der Waals surface area contributed by atoms with Crippen molar-refractivity contribution in [3.05, 3.63) is 63.7 Å². The maximum absolute atomic E-state index is 13.5. The number of hydrogen-bond donors (Lipinski definition) is 0. The van der Waals surface area contributed by atoms with E-state index in [4.69, 9.17) is 4.74 Å². The fourth-order valence-corrected chi connectivity index (χ4v) is 5.90. The molecule has 1 saturated carbocycles. The van der Waals surface area contributed by atoms with E-state index in [0.717, 1.165) is 62.2 Å². The molecule has 204 valence electrons. The minimum Gasteiger partial charge on any atom is -0.453 e. The van der Waals surface area contributed by atoms with E-state index in [9.17, 15) is 23.2 Å². The lowest BCUT2D eigenvalue weighted by molar-refractivity contribution is -0.137. The van der Waals surface area contributed by atoms with Crippen LogP contribution < -0.4 is 4.90 Å². The van der Waals surface area contributed by atoms with Crippen molar-refractivity contribution >= 4 is 11.8 Å². The molecule has 8 heteroatoms. The molecule has 0 saturated heterocycles. The predicted octanol–water partition coefficient (Wildman–Crippen LogP) is 7.24. The number of benzene rings is 2. The zero-order valence-electron chi connectivity index (χ0n) is 22.2. The number of carbonyl (C=O) groups is 1. The smallest absolute Gasteiger partial charge is 0.416 e. The average Bonchev–Trinajstić information content (AvgIpc) is 3.43. The van der Waals surface area contributed by atoms with Crippen molar-refractivity contribution < 1.29 is 22.7 Å². The minimum absolute atomic E-state index is 0.0946. The number of nitriles is 1. The summed E-state index contributed by atoms with van der Waals surface area (Å²) in [7, 11) is 1.27. The summed E-state index contributed by atoms with van der Waals surface area (Å²) in [5.74, 6) is 0.644. The highest BCUT2D eigenvalue weighted by Gasteiger charge is 2.32. The lowest BCUT2D eigenvalue weighted by Crippen LogP contribution is -2.33. The highest BCUT2D eigenvalue weighted by atomic mass is 19.4. The molecule has 0 heterocycles. The van der Waals surface area contributed by atoms with Gasteiger partial charge < -0.3 is 9.64 Å². The Labute approximate surface area is 223 Å². The standard InChI is InChI=1S/C30H36F3N3O2/c1-3-35(18-21-8-4-5-9-21)28-16-25-11-7-6-10-24(25)15-26(28)20-36(29(37)38-2)19-23-12-22(17-34)13-27(14-23)30(31,32)33/h12-16,21H,3-11,18-20H2,1-2H3. The van der Waals surface area contributed by atoms with Crippen molar-refractivity contribution in [2.24, 2.45) is 5.92 Å². The van der Waals surface area contributed by atoms with E-state index in [0.29, 0.717) is 5.92 Å². The molecule has 0 radical (unpaired) electrons. The number of alkyl halides is 3. The third-order valence-corrected chi connectivity index (χ3v) is 7.84. The second-order valence-electron chi connectivity index (χ2n) is 10.5. The average molecular weight is 528 g/mol. The Kier molecular flexibility index (Phi) is 8.86. The molecule has 4 rings (SSSR count). The van der Waals surface area contributed by atoms with Gasteiger partial charge in [0.2, 0.25) is 0 Å². The first-order valence-electron chi connectivity index (χ1n) is 13.6. The first kappa shape index (κ1) is 27.8. The molecular formula is C30H36F3N3O2. The van der Waals surface area contributed by atoms with Gasteiger partial charge in [0.15, 0.2) is 0 Å². The topological polar surface area (TPSA) is 56.6 Å². The van der Waals surface area contributed by atoms with Gasteiger partial charge >= 0.3 is 12.3 Å². The number of halogens is 3. The Morgan fingerprint density at radius 2 is 1.71 bits per heavy atom. The normalized spacial score (nSPS) is 15.6. The van der Waals surface area contributed by atoms with Crippen LogP contribution in [0.2, 0.25) is 0 Å². The quantitative estimate of drug-likeness (QED) is 0.363. The summed E-state index contributed by atoms with van der Waals surface area (Å²) in [5, 5.41) is 9.30. The number of ether oxygens (including phenoxy) is 1. The second-order valence-corrected chi connectivity index (χ2v) is 10.5. The number of nitrogens with zero attached hydrogens (tertiary/aromatic N) is 3. The summed E-state index contributed by atoms with van der Waals surface area (Å²) in [4.78, 5) is 16.7. The highest BCUT2D eigenvalue weighted by molar-refractivity contribution is 5.68. The maximum Gasteiger partial charge on any atom is 0.416 e. The van der Waals surface area contributed by atoms with Gasteiger partial charge in [0.25, 0.3) is 0 Å². The van der Waals surface area contributed by atoms with Crippen LogP contribution in [0.15, 0.2) is 30.3 Å². The minimum atomic E-state index is -4.59. The molecule has 1 fully saturated rings. The van der Waals surface area contributed by atoms with Crippen LogP contribution in [0.4, 0.5) is 23.7 Å². The van der Waals surface area contributed by atoms with Crippen LogP contribution in [-0.2, 0) is 36.8 Å². The Morgan fingerprint density at radius 3 is 2.32 bits per heavy atom. The first-order chi connectivity index (χ1) is 18.2. The molecule has 2 aromatic rings. The summed E-state index contributed by atoms with van der Waals surface area (Å²) < 4.78 is 45.5. The molecule has 0 bridgehead atoms. The molecule has 0 unspecified atom stereocenters. The van der Waals surface area contributed by atoms with E-state index in [-0.39, 0.29) is 24.2 Å². The highest BCUT2D eigenvalue weighted by Crippen LogP contribution is 2.35. The van der Waals surface area contributed by atoms with Crippen molar-refractivity contribution in [2.75, 3.05) is 25.1 Å². The molecule has 0 aliphatic heterocycles. The van der Waals surface area contributed by atoms with Crippen LogP contribution in [0.25, 0.3) is 0 Å². The number of aryl methyl sites for hydroxylation is 2.